The molecule has 1 N–H and O–H groups in total. The number of benzene rings is 1. The van der Waals surface area contributed by atoms with Gasteiger partial charge in [0.05, 0.1) is 23.7 Å². The van der Waals surface area contributed by atoms with Crippen molar-refractivity contribution in [2.45, 2.75) is 32.7 Å². The van der Waals surface area contributed by atoms with E-state index in [1.54, 1.807) is 6.20 Å². The van der Waals surface area contributed by atoms with Crippen LogP contribution in [0.15, 0.2) is 58.3 Å². The van der Waals surface area contributed by atoms with Gasteiger partial charge in [0.25, 0.3) is 0 Å². The summed E-state index contributed by atoms with van der Waals surface area (Å²) in [5, 5.41) is 2.91. The number of nitrogens with zero attached hydrogens (tertiary/aromatic N) is 4. The molecular weight excluding hydrogens is 486 g/mol. The Bertz CT molecular complexity index is 1150. The van der Waals surface area contributed by atoms with Gasteiger partial charge in [-0.3, -0.25) is 19.9 Å². The summed E-state index contributed by atoms with van der Waals surface area (Å²) >= 11 is 3.60. The second-order valence-electron chi connectivity index (χ2n) is 7.60. The standard InChI is InChI=1S/C24H26BrN5O3/c1-3-26-15-33-24(31)32-12-6-8-20-23-28-14-16(2)30(23)21-10-9-17(25)13-18(21)22(29-20)19-7-4-5-11-27-19/h4-5,7,9-11,13-14,20,26H,3,6,8,12,15H2,1-2H3/t20-/m0/s1. The molecule has 0 unspecified atom stereocenters. The van der Waals surface area contributed by atoms with E-state index in [2.05, 4.69) is 42.9 Å². The first-order chi connectivity index (χ1) is 16.1. The molecule has 1 aliphatic heterocycles. The van der Waals surface area contributed by atoms with Crippen LogP contribution < -0.4 is 5.32 Å². The van der Waals surface area contributed by atoms with Gasteiger partial charge in [0, 0.05) is 28.1 Å². The Morgan fingerprint density at radius 2 is 2.09 bits per heavy atom. The summed E-state index contributed by atoms with van der Waals surface area (Å²) in [7, 11) is 0. The molecule has 172 valence electrons. The number of aromatic nitrogens is 3. The van der Waals surface area contributed by atoms with Crippen LogP contribution in [0.2, 0.25) is 0 Å². The Hall–Kier alpha value is -3.04. The van der Waals surface area contributed by atoms with Gasteiger partial charge in [-0.2, -0.15) is 0 Å². The molecule has 0 saturated carbocycles. The van der Waals surface area contributed by atoms with Crippen molar-refractivity contribution in [2.24, 2.45) is 4.99 Å². The second kappa shape index (κ2) is 10.7. The van der Waals surface area contributed by atoms with Crippen LogP contribution in [0.5, 0.6) is 0 Å². The molecule has 8 nitrogen and oxygen atoms in total. The van der Waals surface area contributed by atoms with Crippen molar-refractivity contribution in [3.63, 3.8) is 0 Å². The SMILES string of the molecule is CCNCOC(=O)OCCC[C@@H]1N=C(c2ccccn2)c2cc(Br)ccc2-n2c(C)cnc21. The Morgan fingerprint density at radius 3 is 2.88 bits per heavy atom. The molecule has 4 rings (SSSR count). The largest absolute Gasteiger partial charge is 0.509 e. The molecule has 9 heteroatoms. The fourth-order valence-electron chi connectivity index (χ4n) is 3.77. The van der Waals surface area contributed by atoms with Crippen molar-refractivity contribution in [3.05, 3.63) is 76.0 Å². The molecule has 0 bridgehead atoms. The Balaban J connectivity index is 1.61. The summed E-state index contributed by atoms with van der Waals surface area (Å²) in [5.74, 6) is 0.858. The lowest BCUT2D eigenvalue weighted by Crippen LogP contribution is -2.21. The number of fused-ring (bicyclic) bond motifs is 3. The molecule has 0 spiro atoms. The number of carbonyl (C=O) groups is 1. The fraction of sp³-hybridized carbons (Fsp3) is 0.333. The summed E-state index contributed by atoms with van der Waals surface area (Å²) in [5.41, 5.74) is 4.63. The predicted molar refractivity (Wildman–Crippen MR) is 129 cm³/mol. The van der Waals surface area contributed by atoms with E-state index < -0.39 is 6.16 Å². The highest BCUT2D eigenvalue weighted by molar-refractivity contribution is 9.10. The number of hydrogen-bond acceptors (Lipinski definition) is 7. The third-order valence-electron chi connectivity index (χ3n) is 5.29. The number of imidazole rings is 1. The van der Waals surface area contributed by atoms with Crippen molar-refractivity contribution in [1.29, 1.82) is 0 Å². The van der Waals surface area contributed by atoms with E-state index in [0.717, 1.165) is 45.2 Å². The van der Waals surface area contributed by atoms with E-state index in [-0.39, 0.29) is 19.4 Å². The summed E-state index contributed by atoms with van der Waals surface area (Å²) in [6.45, 7) is 5.07. The first-order valence-corrected chi connectivity index (χ1v) is 11.7. The molecular formula is C24H26BrN5O3. The molecule has 3 aromatic rings. The zero-order valence-electron chi connectivity index (χ0n) is 18.6. The van der Waals surface area contributed by atoms with Gasteiger partial charge in [-0.05, 0) is 56.6 Å². The maximum Gasteiger partial charge on any atom is 0.509 e. The van der Waals surface area contributed by atoms with Crippen LogP contribution in [0.3, 0.4) is 0 Å². The third kappa shape index (κ3) is 5.31. The molecule has 0 amide bonds. The number of hydrogen-bond donors (Lipinski definition) is 1. The minimum absolute atomic E-state index is 0.139. The highest BCUT2D eigenvalue weighted by atomic mass is 79.9. The molecule has 0 radical (unpaired) electrons. The number of aliphatic imine (C=N–C) groups is 1. The highest BCUT2D eigenvalue weighted by Crippen LogP contribution is 2.34. The smallest absolute Gasteiger partial charge is 0.434 e. The molecule has 1 aromatic carbocycles. The Morgan fingerprint density at radius 1 is 1.21 bits per heavy atom. The molecule has 1 aliphatic rings. The lowest BCUT2D eigenvalue weighted by molar-refractivity contribution is 0.0488. The van der Waals surface area contributed by atoms with Gasteiger partial charge in [0.15, 0.2) is 0 Å². The Kier molecular flexibility index (Phi) is 7.51. The maximum atomic E-state index is 11.7. The van der Waals surface area contributed by atoms with E-state index in [4.69, 9.17) is 19.5 Å². The van der Waals surface area contributed by atoms with Crippen molar-refractivity contribution in [1.82, 2.24) is 19.9 Å². The molecule has 0 saturated heterocycles. The molecule has 1 atom stereocenters. The van der Waals surface area contributed by atoms with E-state index >= 15 is 0 Å². The van der Waals surface area contributed by atoms with E-state index in [1.807, 2.05) is 44.3 Å². The number of ether oxygens (including phenoxy) is 2. The minimum Gasteiger partial charge on any atom is -0.434 e. The maximum absolute atomic E-state index is 11.7. The highest BCUT2D eigenvalue weighted by Gasteiger charge is 2.27. The van der Waals surface area contributed by atoms with Crippen LogP contribution in [0.25, 0.3) is 5.69 Å². The first-order valence-electron chi connectivity index (χ1n) is 10.9. The van der Waals surface area contributed by atoms with Gasteiger partial charge in [0.2, 0.25) is 0 Å². The number of rotatable bonds is 8. The number of aryl methyl sites for hydroxylation is 1. The fourth-order valence-corrected chi connectivity index (χ4v) is 4.13. The van der Waals surface area contributed by atoms with E-state index in [1.165, 1.54) is 0 Å². The predicted octanol–water partition coefficient (Wildman–Crippen LogP) is 4.73. The van der Waals surface area contributed by atoms with Gasteiger partial charge in [-0.15, -0.1) is 0 Å². The number of halogens is 1. The third-order valence-corrected chi connectivity index (χ3v) is 5.79. The number of pyridine rings is 1. The molecule has 33 heavy (non-hydrogen) atoms. The summed E-state index contributed by atoms with van der Waals surface area (Å²) in [6.07, 6.45) is 4.23. The summed E-state index contributed by atoms with van der Waals surface area (Å²) in [4.78, 5) is 26.1. The molecule has 0 fully saturated rings. The zero-order chi connectivity index (χ0) is 23.2. The first kappa shape index (κ1) is 23.1. The average molecular weight is 512 g/mol. The van der Waals surface area contributed by atoms with E-state index in [0.29, 0.717) is 12.8 Å². The number of nitrogens with one attached hydrogen (secondary N) is 1. The van der Waals surface area contributed by atoms with Crippen LogP contribution in [0.1, 0.15) is 48.6 Å². The molecule has 3 heterocycles. The lowest BCUT2D eigenvalue weighted by Gasteiger charge is -2.14. The van der Waals surface area contributed by atoms with Crippen molar-refractivity contribution < 1.29 is 14.3 Å². The van der Waals surface area contributed by atoms with E-state index in [9.17, 15) is 4.79 Å². The van der Waals surface area contributed by atoms with Crippen molar-refractivity contribution >= 4 is 27.8 Å². The average Bonchev–Trinajstić information content (AvgIpc) is 3.14. The van der Waals surface area contributed by atoms with Crippen LogP contribution in [-0.4, -0.2) is 46.3 Å². The van der Waals surface area contributed by atoms with Gasteiger partial charge in [-0.1, -0.05) is 28.9 Å². The number of carbonyl (C=O) groups excluding carboxylic acids is 1. The summed E-state index contributed by atoms with van der Waals surface area (Å²) in [6, 6.07) is 11.7. The molecule has 2 aromatic heterocycles. The van der Waals surface area contributed by atoms with Crippen molar-refractivity contribution in [2.75, 3.05) is 19.9 Å². The van der Waals surface area contributed by atoms with Crippen LogP contribution in [-0.2, 0) is 9.47 Å². The topological polar surface area (TPSA) is 90.6 Å². The van der Waals surface area contributed by atoms with Crippen molar-refractivity contribution in [3.8, 4) is 5.69 Å². The normalized spacial score (nSPS) is 14.6. The zero-order valence-corrected chi connectivity index (χ0v) is 20.2. The van der Waals surface area contributed by atoms with Gasteiger partial charge < -0.3 is 9.47 Å². The Labute approximate surface area is 201 Å². The van der Waals surface area contributed by atoms with Gasteiger partial charge >= 0.3 is 6.16 Å². The molecule has 0 aliphatic carbocycles. The van der Waals surface area contributed by atoms with Crippen LogP contribution in [0.4, 0.5) is 4.79 Å². The minimum atomic E-state index is -0.677. The van der Waals surface area contributed by atoms with Gasteiger partial charge in [-0.25, -0.2) is 9.78 Å². The quantitative estimate of drug-likeness (QED) is 0.267. The van der Waals surface area contributed by atoms with Gasteiger partial charge in [0.1, 0.15) is 18.6 Å². The monoisotopic (exact) mass is 511 g/mol. The van der Waals surface area contributed by atoms with Crippen LogP contribution in [0, 0.1) is 6.92 Å². The van der Waals surface area contributed by atoms with Crippen LogP contribution >= 0.6 is 15.9 Å². The lowest BCUT2D eigenvalue weighted by atomic mass is 10.0. The summed E-state index contributed by atoms with van der Waals surface area (Å²) < 4.78 is 13.3. The second-order valence-corrected chi connectivity index (χ2v) is 8.51.